The van der Waals surface area contributed by atoms with Crippen LogP contribution in [-0.4, -0.2) is 26.2 Å². The van der Waals surface area contributed by atoms with E-state index < -0.39 is 0 Å². The van der Waals surface area contributed by atoms with Gasteiger partial charge in [0, 0.05) is 5.02 Å². The number of carbonyl (C=O) groups excluding carboxylic acids is 1. The van der Waals surface area contributed by atoms with Crippen molar-refractivity contribution < 1.29 is 14.3 Å². The van der Waals surface area contributed by atoms with E-state index in [4.69, 9.17) is 21.1 Å². The quantitative estimate of drug-likeness (QED) is 0.824. The lowest BCUT2D eigenvalue weighted by atomic mass is 10.2. The zero-order chi connectivity index (χ0) is 12.8. The van der Waals surface area contributed by atoms with Gasteiger partial charge in [-0.25, -0.2) is 0 Å². The van der Waals surface area contributed by atoms with Crippen LogP contribution < -0.4 is 10.1 Å². The van der Waals surface area contributed by atoms with E-state index in [1.807, 2.05) is 6.92 Å². The van der Waals surface area contributed by atoms with Gasteiger partial charge in [0.25, 0.3) is 0 Å². The zero-order valence-corrected chi connectivity index (χ0v) is 10.9. The molecule has 0 saturated carbocycles. The molecule has 0 fully saturated rings. The Bertz CT molecular complexity index is 407. The van der Waals surface area contributed by atoms with Crippen LogP contribution in [-0.2, 0) is 9.53 Å². The van der Waals surface area contributed by atoms with Crippen molar-refractivity contribution in [3.63, 3.8) is 0 Å². The van der Waals surface area contributed by atoms with Gasteiger partial charge in [0.15, 0.2) is 0 Å². The molecule has 1 aromatic carbocycles. The first-order valence-corrected chi connectivity index (χ1v) is 5.70. The fourth-order valence-corrected chi connectivity index (χ4v) is 1.78. The van der Waals surface area contributed by atoms with E-state index in [0.717, 1.165) is 5.56 Å². The van der Waals surface area contributed by atoms with Gasteiger partial charge in [-0.2, -0.15) is 0 Å². The molecular formula is C12H16ClNO3. The molecule has 0 heterocycles. The maximum atomic E-state index is 11.2. The van der Waals surface area contributed by atoms with Gasteiger partial charge >= 0.3 is 5.97 Å². The number of halogens is 1. The molecule has 1 rings (SSSR count). The van der Waals surface area contributed by atoms with Crippen LogP contribution in [0.25, 0.3) is 0 Å². The van der Waals surface area contributed by atoms with Crippen molar-refractivity contribution >= 4 is 23.3 Å². The number of esters is 1. The smallest absolute Gasteiger partial charge is 0.325 e. The molecule has 0 aliphatic carbocycles. The highest BCUT2D eigenvalue weighted by molar-refractivity contribution is 6.31. The number of hydrogen-bond acceptors (Lipinski definition) is 4. The predicted octanol–water partition coefficient (Wildman–Crippen LogP) is 2.63. The molecule has 0 amide bonds. The Morgan fingerprint density at radius 1 is 1.47 bits per heavy atom. The number of anilines is 1. The third-order valence-corrected chi connectivity index (χ3v) is 2.39. The first-order valence-electron chi connectivity index (χ1n) is 5.32. The lowest BCUT2D eigenvalue weighted by Crippen LogP contribution is -2.17. The lowest BCUT2D eigenvalue weighted by molar-refractivity contribution is -0.140. The molecule has 17 heavy (non-hydrogen) atoms. The number of carbonyl (C=O) groups is 1. The van der Waals surface area contributed by atoms with Crippen molar-refractivity contribution in [2.45, 2.75) is 13.8 Å². The molecule has 0 saturated heterocycles. The third kappa shape index (κ3) is 3.82. The van der Waals surface area contributed by atoms with Gasteiger partial charge in [0.1, 0.15) is 12.3 Å². The van der Waals surface area contributed by atoms with Crippen molar-refractivity contribution in [3.8, 4) is 5.75 Å². The molecule has 0 unspecified atom stereocenters. The largest absolute Gasteiger partial charge is 0.494 e. The Balaban J connectivity index is 2.79. The van der Waals surface area contributed by atoms with Crippen molar-refractivity contribution in [1.29, 1.82) is 0 Å². The van der Waals surface area contributed by atoms with E-state index in [9.17, 15) is 4.79 Å². The first-order chi connectivity index (χ1) is 8.08. The van der Waals surface area contributed by atoms with E-state index in [2.05, 4.69) is 5.32 Å². The summed E-state index contributed by atoms with van der Waals surface area (Å²) in [6.07, 6.45) is 0. The second-order valence-corrected chi connectivity index (χ2v) is 3.90. The molecule has 5 heteroatoms. The van der Waals surface area contributed by atoms with Crippen LogP contribution in [0.3, 0.4) is 0 Å². The summed E-state index contributed by atoms with van der Waals surface area (Å²) in [5.41, 5.74) is 1.59. The monoisotopic (exact) mass is 257 g/mol. The minimum atomic E-state index is -0.313. The summed E-state index contributed by atoms with van der Waals surface area (Å²) in [5.74, 6) is 0.367. The number of aryl methyl sites for hydroxylation is 1. The predicted molar refractivity (Wildman–Crippen MR) is 67.9 cm³/mol. The summed E-state index contributed by atoms with van der Waals surface area (Å²) < 4.78 is 10.1. The molecule has 94 valence electrons. The fourth-order valence-electron chi connectivity index (χ4n) is 1.51. The van der Waals surface area contributed by atoms with Crippen LogP contribution in [0.2, 0.25) is 5.02 Å². The summed E-state index contributed by atoms with van der Waals surface area (Å²) in [5, 5.41) is 3.54. The number of rotatable bonds is 5. The fraction of sp³-hybridized carbons (Fsp3) is 0.417. The van der Waals surface area contributed by atoms with Gasteiger partial charge in [-0.1, -0.05) is 11.6 Å². The number of hydrogen-bond donors (Lipinski definition) is 1. The van der Waals surface area contributed by atoms with E-state index in [1.165, 1.54) is 0 Å². The van der Waals surface area contributed by atoms with Crippen LogP contribution >= 0.6 is 11.6 Å². The molecule has 4 nitrogen and oxygen atoms in total. The molecule has 0 spiro atoms. The van der Waals surface area contributed by atoms with Crippen molar-refractivity contribution in [2.75, 3.05) is 25.6 Å². The number of ether oxygens (including phenoxy) is 2. The summed E-state index contributed by atoms with van der Waals surface area (Å²) in [7, 11) is 1.58. The van der Waals surface area contributed by atoms with Crippen molar-refractivity contribution in [1.82, 2.24) is 0 Å². The topological polar surface area (TPSA) is 47.6 Å². The maximum absolute atomic E-state index is 11.2. The second kappa shape index (κ2) is 6.35. The molecule has 0 aliphatic rings. The zero-order valence-electron chi connectivity index (χ0n) is 10.2. The van der Waals surface area contributed by atoms with E-state index >= 15 is 0 Å². The van der Waals surface area contributed by atoms with Gasteiger partial charge in [0.05, 0.1) is 19.4 Å². The lowest BCUT2D eigenvalue weighted by Gasteiger charge is -2.13. The number of nitrogens with one attached hydrogen (secondary N) is 1. The molecule has 0 aliphatic heterocycles. The average Bonchev–Trinajstić information content (AvgIpc) is 2.26. The van der Waals surface area contributed by atoms with E-state index in [-0.39, 0.29) is 12.5 Å². The van der Waals surface area contributed by atoms with Gasteiger partial charge in [-0.15, -0.1) is 0 Å². The minimum Gasteiger partial charge on any atom is -0.494 e. The van der Waals surface area contributed by atoms with E-state index in [0.29, 0.717) is 23.1 Å². The normalized spacial score (nSPS) is 9.88. The Hall–Kier alpha value is -1.42. The highest BCUT2D eigenvalue weighted by atomic mass is 35.5. The standard InChI is InChI=1S/C12H16ClNO3/c1-4-17-11(15)7-14-10-6-9(13)5-8(2)12(10)16-3/h5-6,14H,4,7H2,1-3H3. The van der Waals surface area contributed by atoms with Crippen LogP contribution in [0.4, 0.5) is 5.69 Å². The van der Waals surface area contributed by atoms with E-state index in [1.54, 1.807) is 26.2 Å². The number of methoxy groups -OCH3 is 1. The molecule has 1 N–H and O–H groups in total. The Kier molecular flexibility index (Phi) is 5.10. The van der Waals surface area contributed by atoms with Crippen LogP contribution in [0.5, 0.6) is 5.75 Å². The highest BCUT2D eigenvalue weighted by Gasteiger charge is 2.09. The minimum absolute atomic E-state index is 0.0873. The van der Waals surface area contributed by atoms with Crippen molar-refractivity contribution in [3.05, 3.63) is 22.7 Å². The van der Waals surface area contributed by atoms with Crippen LogP contribution in [0.1, 0.15) is 12.5 Å². The van der Waals surface area contributed by atoms with Gasteiger partial charge in [-0.3, -0.25) is 4.79 Å². The molecule has 0 aromatic heterocycles. The maximum Gasteiger partial charge on any atom is 0.325 e. The van der Waals surface area contributed by atoms with Gasteiger partial charge < -0.3 is 14.8 Å². The Labute approximate surface area is 106 Å². The molecule has 0 bridgehead atoms. The third-order valence-electron chi connectivity index (χ3n) is 2.17. The molecule has 0 atom stereocenters. The van der Waals surface area contributed by atoms with Crippen molar-refractivity contribution in [2.24, 2.45) is 0 Å². The van der Waals surface area contributed by atoms with Gasteiger partial charge in [0.2, 0.25) is 0 Å². The van der Waals surface area contributed by atoms with Gasteiger partial charge in [-0.05, 0) is 31.5 Å². The van der Waals surface area contributed by atoms with Crippen LogP contribution in [0, 0.1) is 6.92 Å². The summed E-state index contributed by atoms with van der Waals surface area (Å²) in [4.78, 5) is 11.2. The summed E-state index contributed by atoms with van der Waals surface area (Å²) in [6, 6.07) is 3.52. The Morgan fingerprint density at radius 3 is 2.76 bits per heavy atom. The summed E-state index contributed by atoms with van der Waals surface area (Å²) in [6.45, 7) is 4.11. The average molecular weight is 258 g/mol. The second-order valence-electron chi connectivity index (χ2n) is 3.46. The first kappa shape index (κ1) is 13.6. The summed E-state index contributed by atoms with van der Waals surface area (Å²) >= 11 is 5.94. The SMILES string of the molecule is CCOC(=O)CNc1cc(Cl)cc(C)c1OC. The molecule has 0 radical (unpaired) electrons. The molecule has 1 aromatic rings. The highest BCUT2D eigenvalue weighted by Crippen LogP contribution is 2.31. The Morgan fingerprint density at radius 2 is 2.18 bits per heavy atom. The number of benzene rings is 1. The van der Waals surface area contributed by atoms with Crippen LogP contribution in [0.15, 0.2) is 12.1 Å². The molecular weight excluding hydrogens is 242 g/mol.